The van der Waals surface area contributed by atoms with Gasteiger partial charge in [-0.1, -0.05) is 20.8 Å². The molecule has 0 aliphatic heterocycles. The lowest BCUT2D eigenvalue weighted by Gasteiger charge is -2.19. The SMILES string of the molecule is CCCNCc1cc(S(=O)(=O)N(CC)CC)cc(C)c1F. The fourth-order valence-electron chi connectivity index (χ4n) is 2.20. The number of hydrogen-bond acceptors (Lipinski definition) is 3. The van der Waals surface area contributed by atoms with Crippen LogP contribution in [0, 0.1) is 12.7 Å². The first-order valence-electron chi connectivity index (χ1n) is 7.38. The summed E-state index contributed by atoms with van der Waals surface area (Å²) in [4.78, 5) is 0.165. The topological polar surface area (TPSA) is 49.4 Å². The molecule has 21 heavy (non-hydrogen) atoms. The van der Waals surface area contributed by atoms with E-state index in [4.69, 9.17) is 0 Å². The van der Waals surface area contributed by atoms with Gasteiger partial charge in [-0.05, 0) is 37.6 Å². The number of nitrogens with one attached hydrogen (secondary N) is 1. The Morgan fingerprint density at radius 3 is 2.33 bits per heavy atom. The summed E-state index contributed by atoms with van der Waals surface area (Å²) in [5.74, 6) is -0.336. The molecule has 0 saturated heterocycles. The van der Waals surface area contributed by atoms with Crippen molar-refractivity contribution in [1.82, 2.24) is 9.62 Å². The second kappa shape index (κ2) is 7.87. The van der Waals surface area contributed by atoms with Gasteiger partial charge < -0.3 is 5.32 Å². The van der Waals surface area contributed by atoms with Gasteiger partial charge in [-0.3, -0.25) is 0 Å². The fourth-order valence-corrected chi connectivity index (χ4v) is 3.79. The van der Waals surface area contributed by atoms with Gasteiger partial charge in [-0.2, -0.15) is 4.31 Å². The van der Waals surface area contributed by atoms with Crippen LogP contribution in [0.15, 0.2) is 17.0 Å². The first kappa shape index (κ1) is 18.1. The molecule has 0 unspecified atom stereocenters. The minimum atomic E-state index is -3.55. The van der Waals surface area contributed by atoms with Gasteiger partial charge in [0.05, 0.1) is 4.90 Å². The van der Waals surface area contributed by atoms with Gasteiger partial charge in [0, 0.05) is 25.2 Å². The van der Waals surface area contributed by atoms with Crippen molar-refractivity contribution in [2.75, 3.05) is 19.6 Å². The van der Waals surface area contributed by atoms with Crippen LogP contribution in [-0.4, -0.2) is 32.4 Å². The smallest absolute Gasteiger partial charge is 0.243 e. The van der Waals surface area contributed by atoms with E-state index in [2.05, 4.69) is 5.32 Å². The Morgan fingerprint density at radius 1 is 1.19 bits per heavy atom. The third kappa shape index (κ3) is 4.25. The Kier molecular flexibility index (Phi) is 6.77. The second-order valence-corrected chi connectivity index (χ2v) is 6.92. The standard InChI is InChI=1S/C15H25FN2O2S/c1-5-8-17-11-13-10-14(9-12(4)15(13)16)21(19,20)18(6-2)7-3/h9-10,17H,5-8,11H2,1-4H3. The zero-order valence-corrected chi connectivity index (χ0v) is 14.1. The van der Waals surface area contributed by atoms with Gasteiger partial charge in [0.2, 0.25) is 10.0 Å². The molecular formula is C15H25FN2O2S. The van der Waals surface area contributed by atoms with Crippen LogP contribution in [0.3, 0.4) is 0 Å². The van der Waals surface area contributed by atoms with E-state index in [0.29, 0.717) is 30.8 Å². The molecule has 0 fully saturated rings. The molecule has 1 aromatic carbocycles. The quantitative estimate of drug-likeness (QED) is 0.750. The highest BCUT2D eigenvalue weighted by Crippen LogP contribution is 2.22. The third-order valence-electron chi connectivity index (χ3n) is 3.39. The minimum Gasteiger partial charge on any atom is -0.313 e. The predicted molar refractivity (Wildman–Crippen MR) is 83.2 cm³/mol. The highest BCUT2D eigenvalue weighted by Gasteiger charge is 2.23. The van der Waals surface area contributed by atoms with Crippen LogP contribution in [0.4, 0.5) is 4.39 Å². The van der Waals surface area contributed by atoms with E-state index < -0.39 is 10.0 Å². The van der Waals surface area contributed by atoms with Gasteiger partial charge >= 0.3 is 0 Å². The highest BCUT2D eigenvalue weighted by atomic mass is 32.2. The lowest BCUT2D eigenvalue weighted by atomic mass is 10.1. The summed E-state index contributed by atoms with van der Waals surface area (Å²) in [7, 11) is -3.55. The van der Waals surface area contributed by atoms with Crippen molar-refractivity contribution in [2.24, 2.45) is 0 Å². The molecule has 0 aliphatic rings. The molecule has 0 aliphatic carbocycles. The molecule has 1 N–H and O–H groups in total. The van der Waals surface area contributed by atoms with E-state index in [9.17, 15) is 12.8 Å². The summed E-state index contributed by atoms with van der Waals surface area (Å²) in [6.45, 7) is 9.11. The zero-order chi connectivity index (χ0) is 16.0. The average Bonchev–Trinajstić information content (AvgIpc) is 2.44. The zero-order valence-electron chi connectivity index (χ0n) is 13.2. The molecule has 0 saturated carbocycles. The Balaban J connectivity index is 3.20. The number of rotatable bonds is 8. The molecule has 0 radical (unpaired) electrons. The Hall–Kier alpha value is -0.980. The number of hydrogen-bond donors (Lipinski definition) is 1. The lowest BCUT2D eigenvalue weighted by Crippen LogP contribution is -2.31. The van der Waals surface area contributed by atoms with Crippen molar-refractivity contribution in [3.63, 3.8) is 0 Å². The molecule has 0 bridgehead atoms. The van der Waals surface area contributed by atoms with Gasteiger partial charge in [0.25, 0.3) is 0 Å². The Bertz CT molecular complexity index is 569. The molecule has 4 nitrogen and oxygen atoms in total. The Morgan fingerprint density at radius 2 is 1.81 bits per heavy atom. The van der Waals surface area contributed by atoms with Crippen LogP contribution in [0.1, 0.15) is 38.3 Å². The van der Waals surface area contributed by atoms with Crippen LogP contribution in [0.25, 0.3) is 0 Å². The molecule has 1 aromatic rings. The summed E-state index contributed by atoms with van der Waals surface area (Å²) in [6.07, 6.45) is 0.942. The summed E-state index contributed by atoms with van der Waals surface area (Å²) in [5.41, 5.74) is 0.755. The maximum atomic E-state index is 14.1. The van der Waals surface area contributed by atoms with Crippen molar-refractivity contribution in [2.45, 2.75) is 45.6 Å². The van der Waals surface area contributed by atoms with Crippen molar-refractivity contribution in [1.29, 1.82) is 0 Å². The predicted octanol–water partition coefficient (Wildman–Crippen LogP) is 2.66. The summed E-state index contributed by atoms with van der Waals surface area (Å²) < 4.78 is 40.5. The van der Waals surface area contributed by atoms with E-state index in [1.54, 1.807) is 20.8 Å². The first-order chi connectivity index (χ1) is 9.88. The van der Waals surface area contributed by atoms with Gasteiger partial charge in [-0.15, -0.1) is 0 Å². The molecule has 6 heteroatoms. The van der Waals surface area contributed by atoms with Crippen LogP contribution >= 0.6 is 0 Å². The maximum Gasteiger partial charge on any atom is 0.243 e. The van der Waals surface area contributed by atoms with Gasteiger partial charge in [-0.25, -0.2) is 12.8 Å². The third-order valence-corrected chi connectivity index (χ3v) is 5.42. The monoisotopic (exact) mass is 316 g/mol. The van der Waals surface area contributed by atoms with E-state index >= 15 is 0 Å². The van der Waals surface area contributed by atoms with Crippen molar-refractivity contribution in [3.05, 3.63) is 29.1 Å². The summed E-state index contributed by atoms with van der Waals surface area (Å²) in [6, 6.07) is 2.85. The molecule has 0 spiro atoms. The van der Waals surface area contributed by atoms with E-state index in [0.717, 1.165) is 13.0 Å². The fraction of sp³-hybridized carbons (Fsp3) is 0.600. The maximum absolute atomic E-state index is 14.1. The average molecular weight is 316 g/mol. The normalized spacial score (nSPS) is 12.1. The number of nitrogens with zero attached hydrogens (tertiary/aromatic N) is 1. The second-order valence-electron chi connectivity index (χ2n) is 4.98. The van der Waals surface area contributed by atoms with E-state index in [1.807, 2.05) is 6.92 Å². The summed E-state index contributed by atoms with van der Waals surface area (Å²) in [5, 5.41) is 3.11. The summed E-state index contributed by atoms with van der Waals surface area (Å²) >= 11 is 0. The molecule has 0 atom stereocenters. The van der Waals surface area contributed by atoms with Gasteiger partial charge in [0.1, 0.15) is 5.82 Å². The Labute approximate surface area is 127 Å². The number of halogens is 1. The van der Waals surface area contributed by atoms with Crippen LogP contribution in [0.2, 0.25) is 0 Å². The molecule has 1 rings (SSSR count). The molecule has 0 heterocycles. The van der Waals surface area contributed by atoms with Crippen molar-refractivity contribution < 1.29 is 12.8 Å². The van der Waals surface area contributed by atoms with Gasteiger partial charge in [0.15, 0.2) is 0 Å². The van der Waals surface area contributed by atoms with Crippen LogP contribution < -0.4 is 5.32 Å². The van der Waals surface area contributed by atoms with Crippen LogP contribution in [-0.2, 0) is 16.6 Å². The van der Waals surface area contributed by atoms with Crippen molar-refractivity contribution in [3.8, 4) is 0 Å². The van der Waals surface area contributed by atoms with Crippen molar-refractivity contribution >= 4 is 10.0 Å². The number of sulfonamides is 1. The molecule has 0 aromatic heterocycles. The molecular weight excluding hydrogens is 291 g/mol. The number of aryl methyl sites for hydroxylation is 1. The molecule has 0 amide bonds. The largest absolute Gasteiger partial charge is 0.313 e. The van der Waals surface area contributed by atoms with E-state index in [-0.39, 0.29) is 10.7 Å². The van der Waals surface area contributed by atoms with Crippen LogP contribution in [0.5, 0.6) is 0 Å². The number of benzene rings is 1. The highest BCUT2D eigenvalue weighted by molar-refractivity contribution is 7.89. The molecule has 120 valence electrons. The van der Waals surface area contributed by atoms with E-state index in [1.165, 1.54) is 16.4 Å². The minimum absolute atomic E-state index is 0.165. The lowest BCUT2D eigenvalue weighted by molar-refractivity contribution is 0.444. The first-order valence-corrected chi connectivity index (χ1v) is 8.82.